The first kappa shape index (κ1) is 14.3. The van der Waals surface area contributed by atoms with Gasteiger partial charge in [0.25, 0.3) is 0 Å². The minimum atomic E-state index is -3.31. The molecule has 7 heteroatoms. The highest BCUT2D eigenvalue weighted by Gasteiger charge is 2.11. The average Bonchev–Trinajstić information content (AvgIpc) is 2.19. The predicted molar refractivity (Wildman–Crippen MR) is 76.9 cm³/mol. The van der Waals surface area contributed by atoms with Gasteiger partial charge in [-0.2, -0.15) is 0 Å². The molecule has 1 aromatic carbocycles. The summed E-state index contributed by atoms with van der Waals surface area (Å²) in [6, 6.07) is 4.98. The molecule has 3 nitrogen and oxygen atoms in total. The molecule has 0 atom stereocenters. The summed E-state index contributed by atoms with van der Waals surface area (Å²) in [6.45, 7) is 0. The SMILES string of the molecule is O=S(=O)(CCCCl)Nc1ccc(Cl)cc1I. The van der Waals surface area contributed by atoms with Crippen LogP contribution in [0.3, 0.4) is 0 Å². The van der Waals surface area contributed by atoms with Crippen molar-refractivity contribution >= 4 is 61.5 Å². The van der Waals surface area contributed by atoms with Gasteiger partial charge in [-0.1, -0.05) is 11.6 Å². The summed E-state index contributed by atoms with van der Waals surface area (Å²) in [5.74, 6) is 0.355. The summed E-state index contributed by atoms with van der Waals surface area (Å²) in [5, 5.41) is 0.577. The van der Waals surface area contributed by atoms with E-state index in [0.29, 0.717) is 23.0 Å². The molecule has 0 aliphatic carbocycles. The van der Waals surface area contributed by atoms with E-state index in [9.17, 15) is 8.42 Å². The van der Waals surface area contributed by atoms with Gasteiger partial charge in [0.2, 0.25) is 10.0 Å². The molecule has 0 amide bonds. The van der Waals surface area contributed by atoms with Crippen molar-refractivity contribution in [1.29, 1.82) is 0 Å². The summed E-state index contributed by atoms with van der Waals surface area (Å²) in [4.78, 5) is 0. The normalized spacial score (nSPS) is 11.4. The molecule has 0 bridgehead atoms. The van der Waals surface area contributed by atoms with Gasteiger partial charge in [-0.05, 0) is 47.2 Å². The zero-order valence-electron chi connectivity index (χ0n) is 8.21. The number of benzene rings is 1. The van der Waals surface area contributed by atoms with E-state index in [-0.39, 0.29) is 5.75 Å². The Balaban J connectivity index is 2.80. The standard InChI is InChI=1S/C9H10Cl2INO2S/c10-4-1-5-16(14,15)13-9-3-2-7(11)6-8(9)12/h2-3,6,13H,1,4-5H2. The second-order valence-electron chi connectivity index (χ2n) is 3.09. The van der Waals surface area contributed by atoms with Gasteiger partial charge < -0.3 is 0 Å². The van der Waals surface area contributed by atoms with Gasteiger partial charge in [0.05, 0.1) is 11.4 Å². The van der Waals surface area contributed by atoms with Crippen LogP contribution >= 0.6 is 45.8 Å². The third kappa shape index (κ3) is 4.65. The molecule has 0 spiro atoms. The largest absolute Gasteiger partial charge is 0.282 e. The molecule has 0 aromatic heterocycles. The first-order chi connectivity index (χ1) is 7.44. The van der Waals surface area contributed by atoms with E-state index in [2.05, 4.69) is 4.72 Å². The van der Waals surface area contributed by atoms with Crippen LogP contribution in [0.25, 0.3) is 0 Å². The summed E-state index contributed by atoms with van der Waals surface area (Å²) in [7, 11) is -3.31. The second kappa shape index (κ2) is 6.28. The van der Waals surface area contributed by atoms with Gasteiger partial charge in [-0.25, -0.2) is 8.42 Å². The highest BCUT2D eigenvalue weighted by molar-refractivity contribution is 14.1. The lowest BCUT2D eigenvalue weighted by Gasteiger charge is -2.09. The summed E-state index contributed by atoms with van der Waals surface area (Å²) < 4.78 is 26.4. The molecule has 1 aromatic rings. The fraction of sp³-hybridized carbons (Fsp3) is 0.333. The number of halogens is 3. The monoisotopic (exact) mass is 393 g/mol. The van der Waals surface area contributed by atoms with Crippen LogP contribution in [0, 0.1) is 3.57 Å². The minimum absolute atomic E-state index is 0.0230. The fourth-order valence-electron chi connectivity index (χ4n) is 1.04. The van der Waals surface area contributed by atoms with E-state index >= 15 is 0 Å². The third-order valence-electron chi connectivity index (χ3n) is 1.74. The lowest BCUT2D eigenvalue weighted by molar-refractivity contribution is 0.600. The zero-order valence-corrected chi connectivity index (χ0v) is 12.7. The topological polar surface area (TPSA) is 46.2 Å². The molecule has 0 unspecified atom stereocenters. The van der Waals surface area contributed by atoms with E-state index < -0.39 is 10.0 Å². The maximum Gasteiger partial charge on any atom is 0.232 e. The van der Waals surface area contributed by atoms with Crippen LogP contribution in [0.1, 0.15) is 6.42 Å². The first-order valence-corrected chi connectivity index (χ1v) is 8.10. The molecule has 0 fully saturated rings. The molecule has 0 aliphatic heterocycles. The molecule has 0 saturated heterocycles. The Morgan fingerprint density at radius 3 is 2.62 bits per heavy atom. The van der Waals surface area contributed by atoms with E-state index in [1.807, 2.05) is 22.6 Å². The van der Waals surface area contributed by atoms with Gasteiger partial charge >= 0.3 is 0 Å². The third-order valence-corrected chi connectivity index (χ3v) is 4.50. The molecule has 1 N–H and O–H groups in total. The van der Waals surface area contributed by atoms with Crippen molar-refractivity contribution in [2.24, 2.45) is 0 Å². The number of hydrogen-bond donors (Lipinski definition) is 1. The molecule has 0 radical (unpaired) electrons. The number of hydrogen-bond acceptors (Lipinski definition) is 2. The van der Waals surface area contributed by atoms with E-state index in [1.54, 1.807) is 18.2 Å². The van der Waals surface area contributed by atoms with Crippen molar-refractivity contribution in [1.82, 2.24) is 0 Å². The smallest absolute Gasteiger partial charge is 0.232 e. The van der Waals surface area contributed by atoms with Crippen LogP contribution < -0.4 is 4.72 Å². The molecule has 0 heterocycles. The Labute approximate surface area is 119 Å². The maximum absolute atomic E-state index is 11.6. The van der Waals surface area contributed by atoms with Crippen LogP contribution in [0.2, 0.25) is 5.02 Å². The van der Waals surface area contributed by atoms with Crippen molar-refractivity contribution < 1.29 is 8.42 Å². The van der Waals surface area contributed by atoms with Crippen molar-refractivity contribution in [3.8, 4) is 0 Å². The van der Waals surface area contributed by atoms with Gasteiger partial charge in [-0.3, -0.25) is 4.72 Å². The Hall–Kier alpha value is 0.280. The van der Waals surface area contributed by atoms with Crippen molar-refractivity contribution in [2.45, 2.75) is 6.42 Å². The highest BCUT2D eigenvalue weighted by atomic mass is 127. The number of sulfonamides is 1. The number of rotatable bonds is 5. The van der Waals surface area contributed by atoms with Crippen LogP contribution in [0.4, 0.5) is 5.69 Å². The van der Waals surface area contributed by atoms with Gasteiger partial charge in [0, 0.05) is 14.5 Å². The molecule has 90 valence electrons. The molecular weight excluding hydrogens is 384 g/mol. The zero-order chi connectivity index (χ0) is 12.2. The first-order valence-electron chi connectivity index (χ1n) is 4.46. The molecular formula is C9H10Cl2INO2S. The van der Waals surface area contributed by atoms with Gasteiger partial charge in [0.15, 0.2) is 0 Å². The molecule has 16 heavy (non-hydrogen) atoms. The average molecular weight is 394 g/mol. The van der Waals surface area contributed by atoms with E-state index in [4.69, 9.17) is 23.2 Å². The molecule has 0 saturated carbocycles. The van der Waals surface area contributed by atoms with Crippen molar-refractivity contribution in [3.05, 3.63) is 26.8 Å². The fourth-order valence-corrected chi connectivity index (χ4v) is 3.66. The maximum atomic E-state index is 11.6. The van der Waals surface area contributed by atoms with Crippen LogP contribution in [0.15, 0.2) is 18.2 Å². The number of anilines is 1. The lowest BCUT2D eigenvalue weighted by atomic mass is 10.3. The Kier molecular flexibility index (Phi) is 5.63. The molecule has 1 rings (SSSR count). The summed E-state index contributed by atoms with van der Waals surface area (Å²) in [5.41, 5.74) is 0.541. The predicted octanol–water partition coefficient (Wildman–Crippen LogP) is 3.32. The minimum Gasteiger partial charge on any atom is -0.282 e. The van der Waals surface area contributed by atoms with E-state index in [1.165, 1.54) is 0 Å². The quantitative estimate of drug-likeness (QED) is 0.616. The van der Waals surface area contributed by atoms with Gasteiger partial charge in [-0.15, -0.1) is 11.6 Å². The second-order valence-corrected chi connectivity index (χ2v) is 6.91. The Bertz CT molecular complexity index is 465. The summed E-state index contributed by atoms with van der Waals surface area (Å²) >= 11 is 13.3. The van der Waals surface area contributed by atoms with Crippen molar-refractivity contribution in [2.75, 3.05) is 16.4 Å². The van der Waals surface area contributed by atoms with E-state index in [0.717, 1.165) is 3.57 Å². The van der Waals surface area contributed by atoms with Crippen LogP contribution in [-0.4, -0.2) is 20.1 Å². The van der Waals surface area contributed by atoms with Gasteiger partial charge in [0.1, 0.15) is 0 Å². The Morgan fingerprint density at radius 2 is 2.06 bits per heavy atom. The molecule has 0 aliphatic rings. The highest BCUT2D eigenvalue weighted by Crippen LogP contribution is 2.23. The Morgan fingerprint density at radius 1 is 1.38 bits per heavy atom. The summed E-state index contributed by atoms with van der Waals surface area (Å²) in [6.07, 6.45) is 0.432. The van der Waals surface area contributed by atoms with Crippen molar-refractivity contribution in [3.63, 3.8) is 0 Å². The number of nitrogens with one attached hydrogen (secondary N) is 1. The lowest BCUT2D eigenvalue weighted by Crippen LogP contribution is -2.17. The van der Waals surface area contributed by atoms with Crippen LogP contribution in [-0.2, 0) is 10.0 Å². The van der Waals surface area contributed by atoms with Crippen LogP contribution in [0.5, 0.6) is 0 Å². The number of alkyl halides is 1.